The van der Waals surface area contributed by atoms with Crippen molar-refractivity contribution in [2.45, 2.75) is 18.2 Å². The summed E-state index contributed by atoms with van der Waals surface area (Å²) in [6, 6.07) is 13.8. The van der Waals surface area contributed by atoms with Crippen LogP contribution in [0.4, 0.5) is 0 Å². The number of nitrogens with zero attached hydrogens (tertiary/aromatic N) is 2. The molecule has 0 unspecified atom stereocenters. The molecule has 0 saturated heterocycles. The van der Waals surface area contributed by atoms with E-state index in [1.165, 1.54) is 12.1 Å². The van der Waals surface area contributed by atoms with Crippen molar-refractivity contribution in [1.82, 2.24) is 9.55 Å². The van der Waals surface area contributed by atoms with Crippen LogP contribution in [-0.2, 0) is 16.4 Å². The smallest absolute Gasteiger partial charge is 0.238 e. The Balaban J connectivity index is 2.10. The van der Waals surface area contributed by atoms with Gasteiger partial charge in [0.1, 0.15) is 5.82 Å². The maximum atomic E-state index is 11.4. The van der Waals surface area contributed by atoms with E-state index < -0.39 is 10.0 Å². The van der Waals surface area contributed by atoms with Crippen LogP contribution < -0.4 is 5.14 Å². The minimum Gasteiger partial charge on any atom is -0.300 e. The van der Waals surface area contributed by atoms with E-state index in [1.807, 2.05) is 42.0 Å². The maximum Gasteiger partial charge on any atom is 0.238 e. The SMILES string of the molecule is CCc1cn(-c2ccc(S(N)(=O)=O)cc2)c(-c2ccc(Cl)cc2)n1. The number of primary sulfonamides is 1. The Hall–Kier alpha value is -2.15. The van der Waals surface area contributed by atoms with Gasteiger partial charge >= 0.3 is 0 Å². The van der Waals surface area contributed by atoms with Gasteiger partial charge in [0.05, 0.1) is 10.6 Å². The van der Waals surface area contributed by atoms with Crippen molar-refractivity contribution in [2.75, 3.05) is 0 Å². The van der Waals surface area contributed by atoms with Crippen LogP contribution >= 0.6 is 11.6 Å². The van der Waals surface area contributed by atoms with Crippen LogP contribution in [0.5, 0.6) is 0 Å². The van der Waals surface area contributed by atoms with E-state index in [2.05, 4.69) is 4.98 Å². The van der Waals surface area contributed by atoms with E-state index in [4.69, 9.17) is 16.7 Å². The van der Waals surface area contributed by atoms with Gasteiger partial charge in [0, 0.05) is 22.5 Å². The predicted molar refractivity (Wildman–Crippen MR) is 94.8 cm³/mol. The largest absolute Gasteiger partial charge is 0.300 e. The number of hydrogen-bond acceptors (Lipinski definition) is 3. The molecule has 0 amide bonds. The Morgan fingerprint density at radius 2 is 1.71 bits per heavy atom. The van der Waals surface area contributed by atoms with Crippen molar-refractivity contribution in [3.63, 3.8) is 0 Å². The van der Waals surface area contributed by atoms with Gasteiger partial charge in [0.25, 0.3) is 0 Å². The fraction of sp³-hybridized carbons (Fsp3) is 0.118. The third kappa shape index (κ3) is 3.36. The molecule has 3 rings (SSSR count). The number of benzene rings is 2. The predicted octanol–water partition coefficient (Wildman–Crippen LogP) is 3.40. The van der Waals surface area contributed by atoms with Crippen LogP contribution in [0.2, 0.25) is 5.02 Å². The molecule has 2 aromatic carbocycles. The second-order valence-electron chi connectivity index (χ2n) is 5.33. The summed E-state index contributed by atoms with van der Waals surface area (Å²) >= 11 is 5.95. The summed E-state index contributed by atoms with van der Waals surface area (Å²) in [5.41, 5.74) is 2.67. The Labute approximate surface area is 145 Å². The molecule has 0 saturated carbocycles. The zero-order valence-corrected chi connectivity index (χ0v) is 14.6. The third-order valence-electron chi connectivity index (χ3n) is 3.66. The molecule has 1 heterocycles. The summed E-state index contributed by atoms with van der Waals surface area (Å²) < 4.78 is 24.7. The first-order valence-corrected chi connectivity index (χ1v) is 9.28. The van der Waals surface area contributed by atoms with Crippen LogP contribution in [0.15, 0.2) is 59.6 Å². The van der Waals surface area contributed by atoms with Crippen molar-refractivity contribution >= 4 is 21.6 Å². The molecule has 0 bridgehead atoms. The number of rotatable bonds is 4. The quantitative estimate of drug-likeness (QED) is 0.773. The molecule has 0 radical (unpaired) electrons. The zero-order valence-electron chi connectivity index (χ0n) is 13.0. The standard InChI is InChI=1S/C17H16ClN3O2S/c1-2-14-11-21(15-7-9-16(10-8-15)24(19,22)23)17(20-14)12-3-5-13(18)6-4-12/h3-11H,2H2,1H3,(H2,19,22,23). The van der Waals surface area contributed by atoms with Gasteiger partial charge in [-0.3, -0.25) is 4.57 Å². The monoisotopic (exact) mass is 361 g/mol. The fourth-order valence-electron chi connectivity index (χ4n) is 2.40. The van der Waals surface area contributed by atoms with Gasteiger partial charge < -0.3 is 0 Å². The molecule has 0 aliphatic heterocycles. The van der Waals surface area contributed by atoms with Crippen molar-refractivity contribution in [3.05, 3.63) is 65.4 Å². The molecule has 0 fully saturated rings. The van der Waals surface area contributed by atoms with Gasteiger partial charge in [-0.1, -0.05) is 18.5 Å². The van der Waals surface area contributed by atoms with Crippen molar-refractivity contribution in [1.29, 1.82) is 0 Å². The Morgan fingerprint density at radius 1 is 1.08 bits per heavy atom. The summed E-state index contributed by atoms with van der Waals surface area (Å²) in [4.78, 5) is 4.73. The van der Waals surface area contributed by atoms with Crippen molar-refractivity contribution in [2.24, 2.45) is 5.14 Å². The van der Waals surface area contributed by atoms with Gasteiger partial charge in [-0.15, -0.1) is 0 Å². The molecule has 0 spiro atoms. The Morgan fingerprint density at radius 3 is 2.25 bits per heavy atom. The summed E-state index contributed by atoms with van der Waals surface area (Å²) in [5, 5.41) is 5.80. The van der Waals surface area contributed by atoms with Crippen LogP contribution in [0.1, 0.15) is 12.6 Å². The lowest BCUT2D eigenvalue weighted by atomic mass is 10.2. The first-order chi connectivity index (χ1) is 11.4. The fourth-order valence-corrected chi connectivity index (χ4v) is 3.04. The molecule has 0 aliphatic carbocycles. The van der Waals surface area contributed by atoms with Crippen LogP contribution in [0, 0.1) is 0 Å². The van der Waals surface area contributed by atoms with E-state index in [1.54, 1.807) is 12.1 Å². The van der Waals surface area contributed by atoms with Gasteiger partial charge in [-0.05, 0) is 55.0 Å². The van der Waals surface area contributed by atoms with Gasteiger partial charge in [-0.2, -0.15) is 0 Å². The number of nitrogens with two attached hydrogens (primary N) is 1. The van der Waals surface area contributed by atoms with Crippen LogP contribution in [0.3, 0.4) is 0 Å². The average Bonchev–Trinajstić information content (AvgIpc) is 2.99. The summed E-state index contributed by atoms with van der Waals surface area (Å²) in [6.07, 6.45) is 2.73. The number of halogens is 1. The lowest BCUT2D eigenvalue weighted by Gasteiger charge is -2.09. The van der Waals surface area contributed by atoms with E-state index in [-0.39, 0.29) is 4.90 Å². The molecule has 5 nitrogen and oxygen atoms in total. The van der Waals surface area contributed by atoms with Gasteiger partial charge in [0.2, 0.25) is 10.0 Å². The lowest BCUT2D eigenvalue weighted by molar-refractivity contribution is 0.598. The minimum absolute atomic E-state index is 0.0788. The number of sulfonamides is 1. The van der Waals surface area contributed by atoms with Crippen LogP contribution in [-0.4, -0.2) is 18.0 Å². The number of hydrogen-bond donors (Lipinski definition) is 1. The lowest BCUT2D eigenvalue weighted by Crippen LogP contribution is -2.12. The molecule has 7 heteroatoms. The normalized spacial score (nSPS) is 11.6. The molecular formula is C17H16ClN3O2S. The topological polar surface area (TPSA) is 78.0 Å². The highest BCUT2D eigenvalue weighted by molar-refractivity contribution is 7.89. The highest BCUT2D eigenvalue weighted by atomic mass is 35.5. The van der Waals surface area contributed by atoms with Crippen molar-refractivity contribution in [3.8, 4) is 17.1 Å². The molecule has 2 N–H and O–H groups in total. The number of aryl methyl sites for hydroxylation is 1. The summed E-state index contributed by atoms with van der Waals surface area (Å²) in [6.45, 7) is 2.03. The van der Waals surface area contributed by atoms with E-state index in [9.17, 15) is 8.42 Å². The third-order valence-corrected chi connectivity index (χ3v) is 4.85. The second kappa shape index (κ2) is 6.39. The van der Waals surface area contributed by atoms with E-state index in [0.29, 0.717) is 5.02 Å². The van der Waals surface area contributed by atoms with E-state index in [0.717, 1.165) is 29.2 Å². The molecule has 124 valence electrons. The van der Waals surface area contributed by atoms with Gasteiger partial charge in [0.15, 0.2) is 0 Å². The maximum absolute atomic E-state index is 11.4. The Bertz CT molecular complexity index is 962. The highest BCUT2D eigenvalue weighted by Gasteiger charge is 2.13. The van der Waals surface area contributed by atoms with Crippen molar-refractivity contribution < 1.29 is 8.42 Å². The minimum atomic E-state index is -3.71. The molecular weight excluding hydrogens is 346 g/mol. The summed E-state index contributed by atoms with van der Waals surface area (Å²) in [7, 11) is -3.71. The zero-order chi connectivity index (χ0) is 17.3. The molecule has 1 aromatic heterocycles. The number of aromatic nitrogens is 2. The van der Waals surface area contributed by atoms with E-state index >= 15 is 0 Å². The first kappa shape index (κ1) is 16.7. The number of imidazole rings is 1. The van der Waals surface area contributed by atoms with Crippen LogP contribution in [0.25, 0.3) is 17.1 Å². The average molecular weight is 362 g/mol. The molecule has 0 aliphatic rings. The molecule has 0 atom stereocenters. The molecule has 3 aromatic rings. The highest BCUT2D eigenvalue weighted by Crippen LogP contribution is 2.25. The van der Waals surface area contributed by atoms with Gasteiger partial charge in [-0.25, -0.2) is 18.5 Å². The Kier molecular flexibility index (Phi) is 4.45. The molecule has 24 heavy (non-hydrogen) atoms. The second-order valence-corrected chi connectivity index (χ2v) is 7.32. The first-order valence-electron chi connectivity index (χ1n) is 7.36. The summed E-state index contributed by atoms with van der Waals surface area (Å²) in [5.74, 6) is 0.770.